The van der Waals surface area contributed by atoms with Gasteiger partial charge < -0.3 is 20.0 Å². The molecule has 1 aromatic rings. The average Bonchev–Trinajstić information content (AvgIpc) is 3.27. The van der Waals surface area contributed by atoms with E-state index in [4.69, 9.17) is 9.57 Å². The maximum Gasteiger partial charge on any atom is 0.260 e. The Labute approximate surface area is 252 Å². The van der Waals surface area contributed by atoms with E-state index in [1.807, 2.05) is 0 Å². The number of aliphatic hydroxyl groups excluding tert-OH is 1. The second-order valence-electron chi connectivity index (χ2n) is 15.3. The number of aliphatic hydroxyl groups is 1. The molecule has 4 fully saturated rings. The fraction of sp³-hybridized carbons (Fsp3) is 0.722. The zero-order valence-corrected chi connectivity index (χ0v) is 26.3. The molecule has 4 aliphatic carbocycles. The summed E-state index contributed by atoms with van der Waals surface area (Å²) < 4.78 is 6.03. The molecule has 230 valence electrons. The summed E-state index contributed by atoms with van der Waals surface area (Å²) in [5, 5.41) is 18.3. The first-order valence-corrected chi connectivity index (χ1v) is 16.6. The molecule has 0 bridgehead atoms. The maximum absolute atomic E-state index is 12.7. The van der Waals surface area contributed by atoms with Crippen LogP contribution in [0.3, 0.4) is 0 Å². The van der Waals surface area contributed by atoms with Crippen LogP contribution in [0.2, 0.25) is 0 Å². The van der Waals surface area contributed by atoms with E-state index in [0.29, 0.717) is 18.4 Å². The van der Waals surface area contributed by atoms with Gasteiger partial charge in [0.05, 0.1) is 17.4 Å². The first kappa shape index (κ1) is 29.9. The van der Waals surface area contributed by atoms with Gasteiger partial charge in [-0.05, 0) is 125 Å². The van der Waals surface area contributed by atoms with Gasteiger partial charge >= 0.3 is 0 Å². The summed E-state index contributed by atoms with van der Waals surface area (Å²) in [6, 6.07) is 10.7. The third-order valence-electron chi connectivity index (χ3n) is 12.5. The molecule has 6 rings (SSSR count). The highest BCUT2D eigenvalue weighted by molar-refractivity contribution is 5.96. The molecule has 1 amide bonds. The van der Waals surface area contributed by atoms with Crippen LogP contribution in [-0.4, -0.2) is 48.2 Å². The third-order valence-corrected chi connectivity index (χ3v) is 12.5. The molecule has 0 aromatic heterocycles. The van der Waals surface area contributed by atoms with Crippen molar-refractivity contribution < 1.29 is 19.5 Å². The molecule has 1 heterocycles. The lowest BCUT2D eigenvalue weighted by Gasteiger charge is -2.57. The predicted octanol–water partition coefficient (Wildman–Crippen LogP) is 6.72. The molecule has 3 saturated carbocycles. The maximum atomic E-state index is 12.7. The molecular weight excluding hydrogens is 524 g/mol. The third kappa shape index (κ3) is 5.47. The van der Waals surface area contributed by atoms with Crippen molar-refractivity contribution in [3.63, 3.8) is 0 Å². The largest absolute Gasteiger partial charge is 0.393 e. The van der Waals surface area contributed by atoms with Gasteiger partial charge in [-0.15, -0.1) is 0 Å². The fourth-order valence-electron chi connectivity index (χ4n) is 10.2. The number of carbonyl (C=O) groups excluding carboxylic acids is 1. The minimum Gasteiger partial charge on any atom is -0.393 e. The quantitative estimate of drug-likeness (QED) is 0.353. The summed E-state index contributed by atoms with van der Waals surface area (Å²) in [5.74, 6) is 1.98. The summed E-state index contributed by atoms with van der Waals surface area (Å²) in [5.41, 5.74) is 3.98. The number of oxime groups is 1. The van der Waals surface area contributed by atoms with Crippen LogP contribution in [0.5, 0.6) is 0 Å². The Balaban J connectivity index is 1.02. The number of hydrogen-bond donors (Lipinski definition) is 2. The van der Waals surface area contributed by atoms with Crippen molar-refractivity contribution in [3.05, 3.63) is 47.5 Å². The number of nitrogens with zero attached hydrogens (tertiary/aromatic N) is 1. The molecule has 0 radical (unpaired) electrons. The van der Waals surface area contributed by atoms with E-state index >= 15 is 0 Å². The highest BCUT2D eigenvalue weighted by atomic mass is 16.6. The Morgan fingerprint density at radius 2 is 1.83 bits per heavy atom. The van der Waals surface area contributed by atoms with E-state index in [1.165, 1.54) is 30.4 Å². The van der Waals surface area contributed by atoms with Gasteiger partial charge in [-0.3, -0.25) is 4.79 Å². The van der Waals surface area contributed by atoms with Gasteiger partial charge in [-0.25, -0.2) is 0 Å². The van der Waals surface area contributed by atoms with Gasteiger partial charge in [0.1, 0.15) is 0 Å². The normalized spacial score (nSPS) is 39.9. The van der Waals surface area contributed by atoms with Gasteiger partial charge in [0.2, 0.25) is 0 Å². The molecule has 1 saturated heterocycles. The standard InChI is InChI=1S/C36H52N2O4/c1-33(2)24-36(19-21-41-33,25-8-6-5-7-9-25)18-20-37-32(40)23-42-38-27-14-16-34(3)26(22-27)10-11-28-29-12-13-31(39)35(29,4)17-15-30(28)34/h5-9,22,28-31,39H,10-21,23-24H2,1-4H3,(H,37,40)/b38-27-/t28-,29+,30-,31-,34+,35+,36-/m1/s1. The van der Waals surface area contributed by atoms with Crippen molar-refractivity contribution in [1.29, 1.82) is 0 Å². The molecule has 1 aromatic carbocycles. The van der Waals surface area contributed by atoms with Crippen LogP contribution in [0.4, 0.5) is 0 Å². The van der Waals surface area contributed by atoms with Crippen LogP contribution >= 0.6 is 0 Å². The number of ether oxygens (including phenoxy) is 1. The summed E-state index contributed by atoms with van der Waals surface area (Å²) in [6.45, 7) is 10.4. The number of amides is 1. The minimum absolute atomic E-state index is 0.00810. The molecule has 5 aliphatic rings. The van der Waals surface area contributed by atoms with Crippen LogP contribution < -0.4 is 5.32 Å². The van der Waals surface area contributed by atoms with Crippen molar-refractivity contribution in [3.8, 4) is 0 Å². The van der Waals surface area contributed by atoms with Crippen LogP contribution in [0.1, 0.15) is 104 Å². The smallest absolute Gasteiger partial charge is 0.260 e. The SMILES string of the molecule is CC1(C)C[C@](CCNC(=O)CO/N=C2\C=C3CC[C@H]4[C@@H](CC[C@]5(C)[C@H](O)CC[C@@H]45)[C@@]3(C)CC2)(c2ccccc2)CCO1. The number of carbonyl (C=O) groups is 1. The van der Waals surface area contributed by atoms with E-state index < -0.39 is 0 Å². The topological polar surface area (TPSA) is 80.2 Å². The van der Waals surface area contributed by atoms with Crippen molar-refractivity contribution in [2.75, 3.05) is 19.8 Å². The van der Waals surface area contributed by atoms with Gasteiger partial charge in [0.25, 0.3) is 5.91 Å². The Kier molecular flexibility index (Phi) is 8.10. The number of benzene rings is 1. The average molecular weight is 577 g/mol. The Hall–Kier alpha value is -2.18. The molecule has 6 heteroatoms. The minimum atomic E-state index is -0.183. The van der Waals surface area contributed by atoms with Crippen molar-refractivity contribution in [2.24, 2.45) is 33.7 Å². The van der Waals surface area contributed by atoms with Crippen molar-refractivity contribution in [1.82, 2.24) is 5.32 Å². The summed E-state index contributed by atoms with van der Waals surface area (Å²) in [4.78, 5) is 18.3. The molecular formula is C36H52N2O4. The van der Waals surface area contributed by atoms with Gasteiger partial charge in [0.15, 0.2) is 6.61 Å². The van der Waals surface area contributed by atoms with E-state index in [1.54, 1.807) is 0 Å². The summed E-state index contributed by atoms with van der Waals surface area (Å²) in [6.07, 6.45) is 13.8. The van der Waals surface area contributed by atoms with Crippen molar-refractivity contribution in [2.45, 2.75) is 115 Å². The molecule has 42 heavy (non-hydrogen) atoms. The first-order chi connectivity index (χ1) is 20.0. The second kappa shape index (κ2) is 11.4. The Morgan fingerprint density at radius 1 is 1.02 bits per heavy atom. The van der Waals surface area contributed by atoms with Gasteiger partial charge in [-0.2, -0.15) is 0 Å². The Morgan fingerprint density at radius 3 is 2.62 bits per heavy atom. The van der Waals surface area contributed by atoms with Crippen LogP contribution in [0.15, 0.2) is 47.1 Å². The highest BCUT2D eigenvalue weighted by Gasteiger charge is 2.58. The van der Waals surface area contributed by atoms with E-state index in [-0.39, 0.29) is 40.5 Å². The first-order valence-electron chi connectivity index (χ1n) is 16.6. The number of rotatable bonds is 7. The number of hydrogen-bond acceptors (Lipinski definition) is 5. The van der Waals surface area contributed by atoms with Gasteiger partial charge in [0, 0.05) is 18.6 Å². The fourth-order valence-corrected chi connectivity index (χ4v) is 10.2. The van der Waals surface area contributed by atoms with E-state index in [9.17, 15) is 9.90 Å². The summed E-state index contributed by atoms with van der Waals surface area (Å²) >= 11 is 0. The molecule has 6 nitrogen and oxygen atoms in total. The second-order valence-corrected chi connectivity index (χ2v) is 15.3. The van der Waals surface area contributed by atoms with Crippen LogP contribution in [0, 0.1) is 28.6 Å². The van der Waals surface area contributed by atoms with Gasteiger partial charge in [-0.1, -0.05) is 54.9 Å². The molecule has 1 aliphatic heterocycles. The van der Waals surface area contributed by atoms with Crippen LogP contribution in [-0.2, 0) is 19.8 Å². The highest BCUT2D eigenvalue weighted by Crippen LogP contribution is 2.65. The Bertz CT molecular complexity index is 1210. The zero-order chi connectivity index (χ0) is 29.6. The number of allylic oxidation sites excluding steroid dienone is 2. The lowest BCUT2D eigenvalue weighted by Crippen LogP contribution is -2.51. The number of fused-ring (bicyclic) bond motifs is 5. The molecule has 2 N–H and O–H groups in total. The monoisotopic (exact) mass is 576 g/mol. The predicted molar refractivity (Wildman–Crippen MR) is 166 cm³/mol. The lowest BCUT2D eigenvalue weighted by molar-refractivity contribution is -0.125. The summed E-state index contributed by atoms with van der Waals surface area (Å²) in [7, 11) is 0. The number of nitrogens with one attached hydrogen (secondary N) is 1. The molecule has 0 spiro atoms. The lowest BCUT2D eigenvalue weighted by atomic mass is 9.47. The van der Waals surface area contributed by atoms with E-state index in [2.05, 4.69) is 74.6 Å². The van der Waals surface area contributed by atoms with E-state index in [0.717, 1.165) is 69.6 Å². The zero-order valence-electron chi connectivity index (χ0n) is 26.3. The van der Waals surface area contributed by atoms with Crippen molar-refractivity contribution >= 4 is 11.6 Å². The molecule has 0 unspecified atom stereocenters. The molecule has 7 atom stereocenters. The van der Waals surface area contributed by atoms with Crippen LogP contribution in [0.25, 0.3) is 0 Å².